The molecule has 38 heavy (non-hydrogen) atoms. The zero-order chi connectivity index (χ0) is 26.4. The molecule has 1 aromatic carbocycles. The summed E-state index contributed by atoms with van der Waals surface area (Å²) < 4.78 is 9.49. The molecule has 0 unspecified atom stereocenters. The summed E-state index contributed by atoms with van der Waals surface area (Å²) in [5.41, 5.74) is 6.63. The Bertz CT molecular complexity index is 1390. The molecule has 6 rings (SSSR count). The molecule has 0 spiro atoms. The highest BCUT2D eigenvalue weighted by Crippen LogP contribution is 2.44. The Labute approximate surface area is 220 Å². The highest BCUT2D eigenvalue weighted by Gasteiger charge is 2.35. The third kappa shape index (κ3) is 4.14. The third-order valence-electron chi connectivity index (χ3n) is 7.85. The van der Waals surface area contributed by atoms with Crippen molar-refractivity contribution >= 4 is 29.5 Å². The van der Waals surface area contributed by atoms with Gasteiger partial charge in [0.25, 0.3) is 0 Å². The van der Waals surface area contributed by atoms with Crippen LogP contribution in [0, 0.1) is 0 Å². The summed E-state index contributed by atoms with van der Waals surface area (Å²) in [5, 5.41) is 32.1. The predicted molar refractivity (Wildman–Crippen MR) is 142 cm³/mol. The number of amides is 1. The van der Waals surface area contributed by atoms with Crippen LogP contribution >= 0.6 is 0 Å². The SMILES string of the molecule is CN1CCN(c2nn(C3CCOCC3)c3c2CN(C(=O)O)CC3)c2cc(C=NO)c(-c3cnn(C)c3)cc21. The number of fused-ring (bicyclic) bond motifs is 2. The average Bonchev–Trinajstić information content (AvgIpc) is 3.53. The van der Waals surface area contributed by atoms with Gasteiger partial charge in [-0.25, -0.2) is 4.79 Å². The topological polar surface area (TPSA) is 124 Å². The molecule has 1 amide bonds. The van der Waals surface area contributed by atoms with Crippen molar-refractivity contribution in [3.63, 3.8) is 0 Å². The van der Waals surface area contributed by atoms with E-state index in [1.165, 1.54) is 11.1 Å². The fourth-order valence-corrected chi connectivity index (χ4v) is 5.85. The van der Waals surface area contributed by atoms with Gasteiger partial charge >= 0.3 is 6.09 Å². The van der Waals surface area contributed by atoms with E-state index in [0.717, 1.165) is 64.5 Å². The minimum atomic E-state index is -0.915. The second kappa shape index (κ2) is 9.67. The largest absolute Gasteiger partial charge is 0.465 e. The molecule has 200 valence electrons. The van der Waals surface area contributed by atoms with Crippen LogP contribution < -0.4 is 9.80 Å². The number of aromatic nitrogens is 4. The third-order valence-corrected chi connectivity index (χ3v) is 7.85. The molecule has 12 heteroatoms. The lowest BCUT2D eigenvalue weighted by atomic mass is 9.98. The lowest BCUT2D eigenvalue weighted by molar-refractivity contribution is 0.0650. The molecule has 1 saturated heterocycles. The Morgan fingerprint density at radius 2 is 1.97 bits per heavy atom. The van der Waals surface area contributed by atoms with Gasteiger partial charge in [-0.2, -0.15) is 10.2 Å². The quantitative estimate of drug-likeness (QED) is 0.306. The monoisotopic (exact) mass is 520 g/mol. The van der Waals surface area contributed by atoms with Crippen molar-refractivity contribution in [1.82, 2.24) is 24.5 Å². The molecule has 3 aliphatic heterocycles. The number of aryl methyl sites for hydroxylation is 1. The van der Waals surface area contributed by atoms with Gasteiger partial charge in [0.15, 0.2) is 5.82 Å². The van der Waals surface area contributed by atoms with Crippen molar-refractivity contribution in [1.29, 1.82) is 0 Å². The van der Waals surface area contributed by atoms with Gasteiger partial charge in [0, 0.05) is 81.9 Å². The number of anilines is 3. The number of oxime groups is 1. The van der Waals surface area contributed by atoms with Crippen LogP contribution in [-0.2, 0) is 24.8 Å². The molecule has 0 aliphatic carbocycles. The minimum absolute atomic E-state index is 0.236. The fourth-order valence-electron chi connectivity index (χ4n) is 5.85. The Balaban J connectivity index is 1.49. The van der Waals surface area contributed by atoms with E-state index in [9.17, 15) is 15.1 Å². The predicted octanol–water partition coefficient (Wildman–Crippen LogP) is 3.07. The molecule has 0 radical (unpaired) electrons. The second-order valence-electron chi connectivity index (χ2n) is 10.1. The van der Waals surface area contributed by atoms with E-state index in [4.69, 9.17) is 9.84 Å². The molecule has 2 N–H and O–H groups in total. The number of carbonyl (C=O) groups is 1. The van der Waals surface area contributed by atoms with Crippen LogP contribution in [0.5, 0.6) is 0 Å². The smallest absolute Gasteiger partial charge is 0.407 e. The van der Waals surface area contributed by atoms with E-state index in [2.05, 4.69) is 37.9 Å². The van der Waals surface area contributed by atoms with Gasteiger partial charge in [-0.3, -0.25) is 9.36 Å². The maximum atomic E-state index is 11.9. The van der Waals surface area contributed by atoms with E-state index in [1.807, 2.05) is 19.3 Å². The summed E-state index contributed by atoms with van der Waals surface area (Å²) in [6, 6.07) is 4.35. The molecule has 1 fully saturated rings. The summed E-state index contributed by atoms with van der Waals surface area (Å²) in [5.74, 6) is 0.799. The lowest BCUT2D eigenvalue weighted by Gasteiger charge is -2.37. The minimum Gasteiger partial charge on any atom is -0.465 e. The standard InChI is InChI=1S/C26H32N8O4/c1-30-7-8-33(24-11-17(14-28-37)20(12-23(24)30)18-13-27-31(2)15-18)25-21-16-32(26(35)36)6-3-22(21)34(29-25)19-4-9-38-10-5-19/h11-15,19,37H,3-10,16H2,1-2H3,(H,35,36). The van der Waals surface area contributed by atoms with Crippen LogP contribution in [0.1, 0.15) is 35.7 Å². The van der Waals surface area contributed by atoms with Crippen molar-refractivity contribution in [3.8, 4) is 11.1 Å². The lowest BCUT2D eigenvalue weighted by Crippen LogP contribution is -2.38. The average molecular weight is 521 g/mol. The number of rotatable bonds is 4. The van der Waals surface area contributed by atoms with Gasteiger partial charge in [0.2, 0.25) is 0 Å². The first-order valence-electron chi connectivity index (χ1n) is 12.9. The fraction of sp³-hybridized carbons (Fsp3) is 0.462. The van der Waals surface area contributed by atoms with Gasteiger partial charge in [-0.15, -0.1) is 0 Å². The molecule has 3 aliphatic rings. The maximum Gasteiger partial charge on any atom is 0.407 e. The molecule has 2 aromatic heterocycles. The number of likely N-dealkylation sites (N-methyl/N-ethyl adjacent to an activating group) is 1. The first kappa shape index (κ1) is 24.3. The normalized spacial score (nSPS) is 18.2. The molecule has 0 atom stereocenters. The van der Waals surface area contributed by atoms with E-state index < -0.39 is 6.09 Å². The van der Waals surface area contributed by atoms with Crippen molar-refractivity contribution in [2.75, 3.05) is 49.7 Å². The van der Waals surface area contributed by atoms with Crippen LogP contribution in [0.4, 0.5) is 22.0 Å². The zero-order valence-electron chi connectivity index (χ0n) is 21.6. The number of benzene rings is 1. The van der Waals surface area contributed by atoms with Crippen LogP contribution in [0.3, 0.4) is 0 Å². The van der Waals surface area contributed by atoms with Crippen molar-refractivity contribution in [2.45, 2.75) is 31.8 Å². The van der Waals surface area contributed by atoms with Crippen LogP contribution in [0.2, 0.25) is 0 Å². The van der Waals surface area contributed by atoms with Gasteiger partial charge in [0.05, 0.1) is 36.4 Å². The van der Waals surface area contributed by atoms with Crippen molar-refractivity contribution in [2.24, 2.45) is 12.2 Å². The van der Waals surface area contributed by atoms with Crippen LogP contribution in [0.15, 0.2) is 29.7 Å². The van der Waals surface area contributed by atoms with E-state index in [-0.39, 0.29) is 6.04 Å². The molecular weight excluding hydrogens is 488 g/mol. The zero-order valence-corrected chi connectivity index (χ0v) is 21.6. The summed E-state index contributed by atoms with van der Waals surface area (Å²) in [7, 11) is 3.93. The Kier molecular flexibility index (Phi) is 6.18. The molecule has 3 aromatic rings. The number of carboxylic acid groups (broad SMARTS) is 1. The van der Waals surface area contributed by atoms with Gasteiger partial charge in [0.1, 0.15) is 0 Å². The number of hydrogen-bond acceptors (Lipinski definition) is 8. The Morgan fingerprint density at radius 1 is 1.16 bits per heavy atom. The molecule has 5 heterocycles. The molecule has 0 bridgehead atoms. The van der Waals surface area contributed by atoms with Gasteiger partial charge in [-0.1, -0.05) is 5.16 Å². The highest BCUT2D eigenvalue weighted by molar-refractivity contribution is 5.96. The van der Waals surface area contributed by atoms with Gasteiger partial charge in [-0.05, 0) is 30.5 Å². The second-order valence-corrected chi connectivity index (χ2v) is 10.1. The Morgan fingerprint density at radius 3 is 2.68 bits per heavy atom. The van der Waals surface area contributed by atoms with E-state index >= 15 is 0 Å². The first-order valence-corrected chi connectivity index (χ1v) is 12.9. The summed E-state index contributed by atoms with van der Waals surface area (Å²) in [4.78, 5) is 17.8. The van der Waals surface area contributed by atoms with E-state index in [1.54, 1.807) is 10.9 Å². The number of ether oxygens (including phenoxy) is 1. The summed E-state index contributed by atoms with van der Waals surface area (Å²) in [6.07, 6.45) is 6.67. The van der Waals surface area contributed by atoms with Crippen molar-refractivity contribution in [3.05, 3.63) is 41.3 Å². The highest BCUT2D eigenvalue weighted by atomic mass is 16.5. The van der Waals surface area contributed by atoms with E-state index in [0.29, 0.717) is 39.3 Å². The Hall–Kier alpha value is -4.06. The maximum absolute atomic E-state index is 11.9. The molecule has 0 saturated carbocycles. The summed E-state index contributed by atoms with van der Waals surface area (Å²) in [6.45, 7) is 3.64. The first-order chi connectivity index (χ1) is 18.4. The number of hydrogen-bond donors (Lipinski definition) is 2. The van der Waals surface area contributed by atoms with Gasteiger partial charge < -0.3 is 29.8 Å². The number of nitrogens with zero attached hydrogens (tertiary/aromatic N) is 8. The summed E-state index contributed by atoms with van der Waals surface area (Å²) >= 11 is 0. The molecule has 12 nitrogen and oxygen atoms in total. The van der Waals surface area contributed by atoms with Crippen molar-refractivity contribution < 1.29 is 19.8 Å². The van der Waals surface area contributed by atoms with Crippen LogP contribution in [-0.4, -0.2) is 87.0 Å². The molecular formula is C26H32N8O4. The van der Waals surface area contributed by atoms with Crippen LogP contribution in [0.25, 0.3) is 11.1 Å².